The molecule has 0 aliphatic carbocycles. The number of ether oxygens (including phenoxy) is 1. The van der Waals surface area contributed by atoms with Gasteiger partial charge in [0.15, 0.2) is 0 Å². The molecule has 2 aromatic carbocycles. The molecule has 0 N–H and O–H groups in total. The highest BCUT2D eigenvalue weighted by molar-refractivity contribution is 14.1. The summed E-state index contributed by atoms with van der Waals surface area (Å²) < 4.78 is 49.0. The first kappa shape index (κ1) is 23.0. The molecule has 0 aliphatic rings. The average Bonchev–Trinajstić information content (AvgIpc) is 2.72. The Kier molecular flexibility index (Phi) is 8.62. The van der Waals surface area contributed by atoms with Crippen molar-refractivity contribution < 1.29 is 22.9 Å². The van der Waals surface area contributed by atoms with Crippen LogP contribution >= 0.6 is 29.7 Å². The van der Waals surface area contributed by atoms with Gasteiger partial charge in [-0.15, -0.1) is 0 Å². The predicted molar refractivity (Wildman–Crippen MR) is 118 cm³/mol. The molecular weight excluding hydrogens is 496 g/mol. The van der Waals surface area contributed by atoms with Crippen LogP contribution in [0.3, 0.4) is 0 Å². The van der Waals surface area contributed by atoms with Gasteiger partial charge in [0.2, 0.25) is 0 Å². The molecule has 0 saturated carbocycles. The molecule has 0 aromatic heterocycles. The van der Waals surface area contributed by atoms with Crippen molar-refractivity contribution in [2.24, 2.45) is 0 Å². The Hall–Kier alpha value is -1.27. The maximum absolute atomic E-state index is 14.6. The number of alkyl halides is 3. The minimum atomic E-state index is -3.69. The van der Waals surface area contributed by atoms with Crippen LogP contribution in [-0.4, -0.2) is 28.6 Å². The lowest BCUT2D eigenvalue weighted by Gasteiger charge is -2.31. The fraction of sp³-hybridized carbons (Fsp3) is 0.381. The second kappa shape index (κ2) is 10.5. The smallest absolute Gasteiger partial charge is 0.376 e. The molecule has 0 bridgehead atoms. The quantitative estimate of drug-likeness (QED) is 0.188. The Morgan fingerprint density at radius 3 is 2.00 bits per heavy atom. The van der Waals surface area contributed by atoms with Gasteiger partial charge < -0.3 is 9.30 Å². The maximum Gasteiger partial charge on any atom is 0.376 e. The number of rotatable bonds is 10. The summed E-state index contributed by atoms with van der Waals surface area (Å²) >= 11 is 2.17. The SMILES string of the molecule is CCOC(=O)C(F)(F)CC(CCCI)P(=O)(c1ccccc1)c1ccccc1. The molecule has 1 atom stereocenters. The highest BCUT2D eigenvalue weighted by Crippen LogP contribution is 2.53. The van der Waals surface area contributed by atoms with Crippen molar-refractivity contribution in [3.8, 4) is 0 Å². The van der Waals surface area contributed by atoms with Gasteiger partial charge in [0.1, 0.15) is 7.14 Å². The molecule has 2 rings (SSSR count). The van der Waals surface area contributed by atoms with Crippen LogP contribution in [-0.2, 0) is 14.1 Å². The van der Waals surface area contributed by atoms with Gasteiger partial charge in [-0.25, -0.2) is 4.79 Å². The lowest BCUT2D eigenvalue weighted by Crippen LogP contribution is -2.37. The lowest BCUT2D eigenvalue weighted by atomic mass is 10.1. The van der Waals surface area contributed by atoms with Crippen molar-refractivity contribution in [1.29, 1.82) is 0 Å². The molecule has 28 heavy (non-hydrogen) atoms. The predicted octanol–water partition coefficient (Wildman–Crippen LogP) is 5.17. The van der Waals surface area contributed by atoms with E-state index in [4.69, 9.17) is 0 Å². The number of esters is 1. The minimum Gasteiger partial charge on any atom is -0.462 e. The second-order valence-electron chi connectivity index (χ2n) is 6.44. The third kappa shape index (κ3) is 5.41. The third-order valence-corrected chi connectivity index (χ3v) is 8.89. The molecule has 152 valence electrons. The summed E-state index contributed by atoms with van der Waals surface area (Å²) in [7, 11) is -3.41. The van der Waals surface area contributed by atoms with Crippen LogP contribution in [0.1, 0.15) is 26.2 Å². The molecule has 0 heterocycles. The second-order valence-corrected chi connectivity index (χ2v) is 10.6. The van der Waals surface area contributed by atoms with E-state index in [1.807, 2.05) is 0 Å². The van der Waals surface area contributed by atoms with E-state index in [9.17, 15) is 18.1 Å². The molecule has 3 nitrogen and oxygen atoms in total. The summed E-state index contributed by atoms with van der Waals surface area (Å²) in [5.74, 6) is -5.24. The van der Waals surface area contributed by atoms with Gasteiger partial charge in [-0.2, -0.15) is 8.78 Å². The Bertz CT molecular complexity index is 756. The minimum absolute atomic E-state index is 0.123. The Balaban J connectivity index is 2.54. The highest BCUT2D eigenvalue weighted by Gasteiger charge is 2.48. The zero-order valence-corrected chi connectivity index (χ0v) is 18.7. The third-order valence-electron chi connectivity index (χ3n) is 4.53. The lowest BCUT2D eigenvalue weighted by molar-refractivity contribution is -0.172. The Morgan fingerprint density at radius 2 is 1.57 bits per heavy atom. The normalized spacial score (nSPS) is 13.1. The van der Waals surface area contributed by atoms with Crippen LogP contribution in [0.2, 0.25) is 0 Å². The van der Waals surface area contributed by atoms with E-state index < -0.39 is 31.1 Å². The summed E-state index contributed by atoms with van der Waals surface area (Å²) in [5, 5.41) is 1.05. The summed E-state index contributed by atoms with van der Waals surface area (Å²) in [5.41, 5.74) is -0.869. The van der Waals surface area contributed by atoms with Crippen LogP contribution in [0, 0.1) is 0 Å². The first-order chi connectivity index (χ1) is 13.4. The number of hydrogen-bond donors (Lipinski definition) is 0. The van der Waals surface area contributed by atoms with Crippen LogP contribution in [0.15, 0.2) is 60.7 Å². The average molecular weight is 520 g/mol. The van der Waals surface area contributed by atoms with Crippen LogP contribution < -0.4 is 10.6 Å². The van der Waals surface area contributed by atoms with E-state index in [0.29, 0.717) is 23.5 Å². The van der Waals surface area contributed by atoms with E-state index in [1.165, 1.54) is 6.92 Å². The molecule has 2 aromatic rings. The molecule has 1 unspecified atom stereocenters. The van der Waals surface area contributed by atoms with Gasteiger partial charge in [0.25, 0.3) is 0 Å². The van der Waals surface area contributed by atoms with Gasteiger partial charge in [0.05, 0.1) is 6.61 Å². The van der Waals surface area contributed by atoms with Crippen molar-refractivity contribution in [2.45, 2.75) is 37.8 Å². The number of benzene rings is 2. The Labute approximate surface area is 178 Å². The highest BCUT2D eigenvalue weighted by atomic mass is 127. The molecule has 0 fully saturated rings. The van der Waals surface area contributed by atoms with Crippen molar-refractivity contribution in [3.05, 3.63) is 60.7 Å². The summed E-state index contributed by atoms with van der Waals surface area (Å²) in [6, 6.07) is 17.5. The van der Waals surface area contributed by atoms with Crippen molar-refractivity contribution in [3.63, 3.8) is 0 Å². The van der Waals surface area contributed by atoms with Gasteiger partial charge in [-0.1, -0.05) is 83.3 Å². The molecular formula is C21H24F2IO3P. The summed E-state index contributed by atoms with van der Waals surface area (Å²) in [6.07, 6.45) is 0.163. The molecule has 7 heteroatoms. The van der Waals surface area contributed by atoms with Gasteiger partial charge in [-0.05, 0) is 24.2 Å². The van der Waals surface area contributed by atoms with Gasteiger partial charge in [0, 0.05) is 22.7 Å². The van der Waals surface area contributed by atoms with Crippen LogP contribution in [0.5, 0.6) is 0 Å². The standard InChI is InChI=1S/C21H24F2IO3P/c1-2-27-20(25)21(22,23)16-19(14-9-15-24)28(26,17-10-5-3-6-11-17)18-12-7-4-8-13-18/h3-8,10-13,19H,2,9,14-16H2,1H3. The molecule has 0 saturated heterocycles. The molecule has 0 aliphatic heterocycles. The number of carbonyl (C=O) groups is 1. The zero-order valence-electron chi connectivity index (χ0n) is 15.7. The van der Waals surface area contributed by atoms with Crippen molar-refractivity contribution in [1.82, 2.24) is 0 Å². The largest absolute Gasteiger partial charge is 0.462 e. The first-order valence-electron chi connectivity index (χ1n) is 9.18. The monoisotopic (exact) mass is 520 g/mol. The fourth-order valence-electron chi connectivity index (χ4n) is 3.21. The maximum atomic E-state index is 14.6. The molecule has 0 spiro atoms. The van der Waals surface area contributed by atoms with E-state index >= 15 is 0 Å². The topological polar surface area (TPSA) is 43.4 Å². The van der Waals surface area contributed by atoms with Crippen molar-refractivity contribution >= 4 is 46.3 Å². The zero-order chi connectivity index (χ0) is 20.6. The van der Waals surface area contributed by atoms with E-state index in [2.05, 4.69) is 27.3 Å². The van der Waals surface area contributed by atoms with Crippen molar-refractivity contribution in [2.75, 3.05) is 11.0 Å². The van der Waals surface area contributed by atoms with E-state index in [0.717, 1.165) is 4.43 Å². The molecule has 0 amide bonds. The Morgan fingerprint density at radius 1 is 1.07 bits per heavy atom. The number of hydrogen-bond acceptors (Lipinski definition) is 3. The first-order valence-corrected chi connectivity index (χ1v) is 12.5. The van der Waals surface area contributed by atoms with E-state index in [1.54, 1.807) is 60.7 Å². The fourth-order valence-corrected chi connectivity index (χ4v) is 7.06. The van der Waals surface area contributed by atoms with E-state index in [-0.39, 0.29) is 6.61 Å². The number of carbonyl (C=O) groups excluding carboxylic acids is 1. The van der Waals surface area contributed by atoms with Gasteiger partial charge in [-0.3, -0.25) is 0 Å². The van der Waals surface area contributed by atoms with Crippen LogP contribution in [0.4, 0.5) is 8.78 Å². The summed E-state index contributed by atoms with van der Waals surface area (Å²) in [6.45, 7) is 1.36. The van der Waals surface area contributed by atoms with Gasteiger partial charge >= 0.3 is 11.9 Å². The summed E-state index contributed by atoms with van der Waals surface area (Å²) in [4.78, 5) is 11.8. The molecule has 0 radical (unpaired) electrons. The number of halogens is 3. The van der Waals surface area contributed by atoms with Crippen LogP contribution in [0.25, 0.3) is 0 Å².